The minimum absolute atomic E-state index is 0.0380. The van der Waals surface area contributed by atoms with E-state index in [4.69, 9.17) is 14.7 Å². The minimum Gasteiger partial charge on any atom is -0.378 e. The maximum absolute atomic E-state index is 15.7. The Morgan fingerprint density at radius 2 is 1.68 bits per heavy atom. The number of amides is 3. The van der Waals surface area contributed by atoms with Crippen molar-refractivity contribution in [2.24, 2.45) is 0 Å². The molecule has 300 valence electrons. The number of pyridine rings is 1. The third-order valence-corrected chi connectivity index (χ3v) is 13.3. The van der Waals surface area contributed by atoms with E-state index in [0.717, 1.165) is 42.9 Å². The zero-order valence-corrected chi connectivity index (χ0v) is 33.8. The quantitative estimate of drug-likeness (QED) is 0.205. The van der Waals surface area contributed by atoms with Crippen molar-refractivity contribution in [2.75, 3.05) is 36.5 Å². The first-order valence-corrected chi connectivity index (χ1v) is 20.7. The number of nitrogens with one attached hydrogen (secondary N) is 2. The number of carbonyl (C=O) groups is 3. The van der Waals surface area contributed by atoms with Gasteiger partial charge in [0.05, 0.1) is 41.9 Å². The first-order chi connectivity index (χ1) is 27.3. The van der Waals surface area contributed by atoms with E-state index in [1.165, 1.54) is 18.9 Å². The molecule has 2 atom stereocenters. The molecule has 57 heavy (non-hydrogen) atoms. The van der Waals surface area contributed by atoms with E-state index >= 15 is 4.39 Å². The fourth-order valence-corrected chi connectivity index (χ4v) is 10.2. The highest BCUT2D eigenvalue weighted by molar-refractivity contribution is 6.09. The zero-order chi connectivity index (χ0) is 39.9. The van der Waals surface area contributed by atoms with Gasteiger partial charge in [0.2, 0.25) is 11.8 Å². The lowest BCUT2D eigenvalue weighted by molar-refractivity contribution is -0.134. The van der Waals surface area contributed by atoms with Crippen molar-refractivity contribution < 1.29 is 23.5 Å². The molecule has 4 aliphatic heterocycles. The van der Waals surface area contributed by atoms with E-state index in [1.807, 2.05) is 35.4 Å². The number of imidazole rings is 1. The number of aromatic nitrogens is 3. The van der Waals surface area contributed by atoms with E-state index in [0.29, 0.717) is 77.7 Å². The summed E-state index contributed by atoms with van der Waals surface area (Å²) in [5.74, 6) is -0.186. The van der Waals surface area contributed by atoms with Gasteiger partial charge in [-0.25, -0.2) is 14.4 Å². The van der Waals surface area contributed by atoms with Gasteiger partial charge < -0.3 is 29.7 Å². The minimum atomic E-state index is -0.689. The molecule has 2 bridgehead atoms. The molecule has 5 aliphatic rings. The van der Waals surface area contributed by atoms with Crippen LogP contribution in [0, 0.1) is 12.7 Å². The second-order valence-electron chi connectivity index (χ2n) is 17.5. The van der Waals surface area contributed by atoms with Crippen molar-refractivity contribution in [1.82, 2.24) is 29.7 Å². The second kappa shape index (κ2) is 14.2. The number of nitrogens with zero attached hydrogens (tertiary/aromatic N) is 6. The average molecular weight is 777 g/mol. The number of carbonyl (C=O) groups excluding carboxylic acids is 3. The molecule has 1 saturated carbocycles. The molecule has 0 radical (unpaired) electrons. The van der Waals surface area contributed by atoms with Crippen LogP contribution in [0.25, 0.3) is 22.3 Å². The van der Waals surface area contributed by atoms with Crippen molar-refractivity contribution in [1.29, 1.82) is 0 Å². The summed E-state index contributed by atoms with van der Waals surface area (Å²) in [6, 6.07) is 12.5. The molecule has 2 unspecified atom stereocenters. The van der Waals surface area contributed by atoms with Gasteiger partial charge in [0.1, 0.15) is 11.3 Å². The van der Waals surface area contributed by atoms with Crippen molar-refractivity contribution >= 4 is 45.9 Å². The first kappa shape index (κ1) is 37.7. The zero-order valence-electron chi connectivity index (χ0n) is 33.8. The Hall–Kier alpha value is -4.88. The molecular weight excluding hydrogens is 724 g/mol. The fourth-order valence-electron chi connectivity index (χ4n) is 10.2. The van der Waals surface area contributed by atoms with Crippen LogP contribution in [0.15, 0.2) is 42.7 Å². The molecule has 4 fully saturated rings. The Kier molecular flexibility index (Phi) is 9.38. The predicted molar refractivity (Wildman–Crippen MR) is 217 cm³/mol. The van der Waals surface area contributed by atoms with Gasteiger partial charge in [0.25, 0.3) is 5.91 Å². The first-order valence-electron chi connectivity index (χ1n) is 20.7. The number of piperidine rings is 1. The van der Waals surface area contributed by atoms with Gasteiger partial charge in [-0.1, -0.05) is 12.1 Å². The molecule has 3 saturated heterocycles. The summed E-state index contributed by atoms with van der Waals surface area (Å²) in [7, 11) is 0. The molecule has 3 amide bonds. The molecule has 2 aromatic heterocycles. The smallest absolute Gasteiger partial charge is 0.251 e. The van der Waals surface area contributed by atoms with Gasteiger partial charge in [-0.05, 0) is 109 Å². The summed E-state index contributed by atoms with van der Waals surface area (Å²) < 4.78 is 23.6. The normalized spacial score (nSPS) is 24.1. The highest BCUT2D eigenvalue weighted by atomic mass is 19.1. The lowest BCUT2D eigenvalue weighted by Crippen LogP contribution is -2.61. The van der Waals surface area contributed by atoms with Gasteiger partial charge in [-0.2, -0.15) is 0 Å². The molecular formula is C44H53FN8O4. The lowest BCUT2D eigenvalue weighted by Gasteiger charge is -2.50. The number of ether oxygens (including phenoxy) is 1. The van der Waals surface area contributed by atoms with Crippen LogP contribution in [0.2, 0.25) is 0 Å². The second-order valence-corrected chi connectivity index (χ2v) is 17.5. The summed E-state index contributed by atoms with van der Waals surface area (Å²) in [6.45, 7) is 13.9. The summed E-state index contributed by atoms with van der Waals surface area (Å²) in [5.41, 5.74) is 5.14. The maximum atomic E-state index is 15.7. The van der Waals surface area contributed by atoms with Crippen LogP contribution in [-0.2, 0) is 19.7 Å². The van der Waals surface area contributed by atoms with Crippen LogP contribution in [0.3, 0.4) is 0 Å². The molecule has 12 nitrogen and oxygen atoms in total. The number of anilines is 3. The van der Waals surface area contributed by atoms with Crippen LogP contribution in [0.5, 0.6) is 0 Å². The maximum Gasteiger partial charge on any atom is 0.251 e. The number of likely N-dealkylation sites (tertiary alicyclic amines) is 1. The van der Waals surface area contributed by atoms with Crippen LogP contribution in [-0.4, -0.2) is 98.6 Å². The topological polar surface area (TPSA) is 125 Å². The van der Waals surface area contributed by atoms with E-state index in [2.05, 4.69) is 46.4 Å². The molecule has 6 heterocycles. The van der Waals surface area contributed by atoms with E-state index < -0.39 is 11.2 Å². The van der Waals surface area contributed by atoms with Gasteiger partial charge >= 0.3 is 0 Å². The Morgan fingerprint density at radius 3 is 2.35 bits per heavy atom. The summed E-state index contributed by atoms with van der Waals surface area (Å²) >= 11 is 0. The van der Waals surface area contributed by atoms with Crippen LogP contribution in [0.1, 0.15) is 101 Å². The number of morpholine rings is 1. The number of hydrogen-bond donors (Lipinski definition) is 2. The van der Waals surface area contributed by atoms with Crippen LogP contribution >= 0.6 is 0 Å². The Morgan fingerprint density at radius 1 is 0.965 bits per heavy atom. The third-order valence-electron chi connectivity index (χ3n) is 13.3. The highest BCUT2D eigenvalue weighted by Crippen LogP contribution is 2.53. The molecule has 9 rings (SSSR count). The number of aryl methyl sites for hydroxylation is 1. The largest absolute Gasteiger partial charge is 0.378 e. The van der Waals surface area contributed by atoms with E-state index in [-0.39, 0.29) is 41.5 Å². The highest BCUT2D eigenvalue weighted by Gasteiger charge is 2.57. The van der Waals surface area contributed by atoms with E-state index in [1.54, 1.807) is 26.2 Å². The standard InChI is InChI=1S/C44H53FN8O4/c1-24(2)47-42(55)33-19-37(35(45)15-26(33)5)49-41-40-38(46-23-51(40)25(3)4)20-36(48-41)28-7-10-34-39(16-28)53(43(56)44(34)11-13-50(14-12-44)27(6)54)32-17-31(18-32)52-29-8-9-30(52)22-57-21-29/h7,10,15-16,19-20,23-25,29-32H,8-9,11-14,17-18,21-22H2,1-6H3,(H,47,55)(H,48,49)/t29?,30?,31-,32+. The predicted octanol–water partition coefficient (Wildman–Crippen LogP) is 6.63. The Labute approximate surface area is 333 Å². The summed E-state index contributed by atoms with van der Waals surface area (Å²) in [4.78, 5) is 56.9. The fraction of sp³-hybridized carbons (Fsp3) is 0.523. The van der Waals surface area contributed by atoms with Crippen molar-refractivity contribution in [2.45, 2.75) is 122 Å². The Balaban J connectivity index is 1.10. The van der Waals surface area contributed by atoms with Crippen LogP contribution in [0.4, 0.5) is 21.6 Å². The number of benzene rings is 2. The van der Waals surface area contributed by atoms with Gasteiger partial charge in [-0.15, -0.1) is 0 Å². The SMILES string of the molecule is CC(=O)N1CCC2(CC1)C(=O)N([C@H]1C[C@@H](N3C4CCC3COC4)C1)c1cc(-c3cc4ncn(C(C)C)c4c(Nc4cc(C(=O)NC(C)C)c(C)cc4F)n3)ccc12. The molecule has 13 heteroatoms. The van der Waals surface area contributed by atoms with Crippen LogP contribution < -0.4 is 15.5 Å². The van der Waals surface area contributed by atoms with Gasteiger partial charge in [-0.3, -0.25) is 19.3 Å². The van der Waals surface area contributed by atoms with Gasteiger partial charge in [0, 0.05) is 73.1 Å². The molecule has 4 aromatic rings. The molecule has 2 aromatic carbocycles. The van der Waals surface area contributed by atoms with Crippen molar-refractivity contribution in [3.8, 4) is 11.3 Å². The summed E-state index contributed by atoms with van der Waals surface area (Å²) in [6.07, 6.45) is 7.12. The monoisotopic (exact) mass is 776 g/mol. The number of hydrogen-bond acceptors (Lipinski definition) is 8. The number of halogens is 1. The van der Waals surface area contributed by atoms with Crippen molar-refractivity contribution in [3.05, 3.63) is 65.2 Å². The average Bonchev–Trinajstić information content (AvgIpc) is 3.76. The lowest BCUT2D eigenvalue weighted by atomic mass is 9.73. The molecule has 1 aliphatic carbocycles. The molecule has 1 spiro atoms. The summed E-state index contributed by atoms with van der Waals surface area (Å²) in [5, 5.41) is 6.17. The Bertz CT molecular complexity index is 2260. The van der Waals surface area contributed by atoms with Gasteiger partial charge in [0.15, 0.2) is 5.82 Å². The number of fused-ring (bicyclic) bond motifs is 5. The van der Waals surface area contributed by atoms with Crippen molar-refractivity contribution in [3.63, 3.8) is 0 Å². The number of rotatable bonds is 8. The van der Waals surface area contributed by atoms with E-state index in [9.17, 15) is 14.4 Å². The third kappa shape index (κ3) is 6.28. The molecule has 2 N–H and O–H groups in total.